The van der Waals surface area contributed by atoms with Gasteiger partial charge < -0.3 is 19.7 Å². The maximum absolute atomic E-state index is 14.7. The van der Waals surface area contributed by atoms with Gasteiger partial charge in [0.1, 0.15) is 31.1 Å². The van der Waals surface area contributed by atoms with Gasteiger partial charge >= 0.3 is 6.18 Å². The van der Waals surface area contributed by atoms with Gasteiger partial charge in [-0.15, -0.1) is 0 Å². The largest absolute Gasteiger partial charge is 0.542 e. The fourth-order valence-electron chi connectivity index (χ4n) is 4.35. The maximum Gasteiger partial charge on any atom is 0.430 e. The van der Waals surface area contributed by atoms with E-state index in [1.54, 1.807) is 42.5 Å². The van der Waals surface area contributed by atoms with Crippen molar-refractivity contribution < 1.29 is 46.9 Å². The number of rotatable bonds is 4. The molecule has 2 aliphatic heterocycles. The molecule has 3 aromatic rings. The summed E-state index contributed by atoms with van der Waals surface area (Å²) in [5.74, 6) is -4.67. The number of aliphatic carboxylic acids is 1. The lowest BCUT2D eigenvalue weighted by Crippen LogP contribution is -3.01. The van der Waals surface area contributed by atoms with Crippen molar-refractivity contribution in [1.82, 2.24) is 4.90 Å². The predicted octanol–water partition coefficient (Wildman–Crippen LogP) is 2.17. The highest BCUT2D eigenvalue weighted by molar-refractivity contribution is 6.36. The van der Waals surface area contributed by atoms with Crippen LogP contribution in [0.15, 0.2) is 71.8 Å². The van der Waals surface area contributed by atoms with Crippen molar-refractivity contribution in [2.75, 3.05) is 24.5 Å². The van der Waals surface area contributed by atoms with Gasteiger partial charge in [-0.3, -0.25) is 14.4 Å². The molecule has 0 aromatic heterocycles. The second-order valence-electron chi connectivity index (χ2n) is 9.11. The molecule has 2 amide bonds. The molecule has 1 unspecified atom stereocenters. The topological polar surface area (TPSA) is 115 Å². The summed E-state index contributed by atoms with van der Waals surface area (Å²) >= 11 is 6.22. The minimum absolute atomic E-state index is 0.105. The van der Waals surface area contributed by atoms with Crippen LogP contribution >= 0.6 is 11.6 Å². The van der Waals surface area contributed by atoms with Crippen LogP contribution in [-0.4, -0.2) is 60.5 Å². The van der Waals surface area contributed by atoms with Crippen LogP contribution in [0.1, 0.15) is 26.3 Å². The Balaban J connectivity index is 0.000000517. The molecule has 1 atom stereocenters. The number of anilines is 1. The molecule has 0 saturated carbocycles. The van der Waals surface area contributed by atoms with Crippen molar-refractivity contribution in [2.24, 2.45) is 5.10 Å². The third-order valence-electron chi connectivity index (χ3n) is 6.36. The summed E-state index contributed by atoms with van der Waals surface area (Å²) in [4.78, 5) is 49.7. The quantitative estimate of drug-likeness (QED) is 0.459. The summed E-state index contributed by atoms with van der Waals surface area (Å²) in [5.41, 5.74) is 2.44. The number of carbonyl (C=O) groups is 4. The number of fused-ring (bicyclic) bond motifs is 1. The molecule has 3 aromatic carbocycles. The zero-order valence-electron chi connectivity index (χ0n) is 21.5. The van der Waals surface area contributed by atoms with Crippen LogP contribution in [0.2, 0.25) is 5.02 Å². The van der Waals surface area contributed by atoms with Gasteiger partial charge in [-0.2, -0.15) is 18.2 Å². The molecule has 9 nitrogen and oxygen atoms in total. The molecule has 14 heteroatoms. The number of benzene rings is 3. The van der Waals surface area contributed by atoms with Gasteiger partial charge in [0.15, 0.2) is 5.69 Å². The summed E-state index contributed by atoms with van der Waals surface area (Å²) in [6.07, 6.45) is -3.92. The smallest absolute Gasteiger partial charge is 0.430 e. The number of nitrogens with zero attached hydrogens (tertiary/aromatic N) is 3. The molecule has 1 fully saturated rings. The van der Waals surface area contributed by atoms with E-state index in [1.165, 1.54) is 28.1 Å². The van der Waals surface area contributed by atoms with E-state index in [9.17, 15) is 31.9 Å². The fourth-order valence-corrected chi connectivity index (χ4v) is 4.59. The maximum atomic E-state index is 14.7. The van der Waals surface area contributed by atoms with E-state index in [4.69, 9.17) is 21.5 Å². The summed E-state index contributed by atoms with van der Waals surface area (Å²) in [5, 5.41) is 14.2. The van der Waals surface area contributed by atoms with Crippen molar-refractivity contribution >= 4 is 52.8 Å². The molecule has 5 rings (SSSR count). The Kier molecular flexibility index (Phi) is 9.02. The highest BCUT2D eigenvalue weighted by Gasteiger charge is 2.32. The zero-order chi connectivity index (χ0) is 30.6. The van der Waals surface area contributed by atoms with Gasteiger partial charge in [-0.05, 0) is 30.3 Å². The Morgan fingerprint density at radius 1 is 1.00 bits per heavy atom. The number of carboxylic acid groups (broad SMARTS) is 1. The number of piperazine rings is 1. The van der Waals surface area contributed by atoms with E-state index >= 15 is 0 Å². The van der Waals surface area contributed by atoms with Crippen molar-refractivity contribution in [3.8, 4) is 0 Å². The number of amides is 2. The van der Waals surface area contributed by atoms with Gasteiger partial charge in [0.05, 0.1) is 21.8 Å². The summed E-state index contributed by atoms with van der Waals surface area (Å²) in [7, 11) is 0. The SMILES string of the molecule is O=C([O-])C(F)(F)F.O=C1C=N[NH+](Cc2ccc(F)c(C(=O)N3CCN(c4ccccc4Cl)C(=O)C3)c2)c2ccccc21. The number of nitrogens with one attached hydrogen (secondary N) is 1. The number of hydrogen-bond donors (Lipinski definition) is 1. The highest BCUT2D eigenvalue weighted by atomic mass is 35.5. The molecule has 42 heavy (non-hydrogen) atoms. The monoisotopic (exact) mass is 604 g/mol. The standard InChI is InChI=1S/C26H20ClFN4O3.C2HF3O2/c27-20-6-2-4-8-23(20)31-12-11-30(16-25(31)34)26(35)19-13-17(9-10-21(19)28)15-32-22-7-3-1-5-18(22)24(33)14-29-32;3-2(4,5)1(6)7/h1-10,13-14H,11-12,15-16H2;(H,6,7). The third kappa shape index (κ3) is 6.81. The van der Waals surface area contributed by atoms with Gasteiger partial charge in [0.25, 0.3) is 5.91 Å². The molecule has 0 spiro atoms. The first-order chi connectivity index (χ1) is 19.9. The first kappa shape index (κ1) is 30.3. The molecular formula is C28H21ClF4N4O5. The normalized spacial score (nSPS) is 16.5. The molecule has 0 radical (unpaired) electrons. The van der Waals surface area contributed by atoms with Crippen molar-refractivity contribution in [1.29, 1.82) is 0 Å². The lowest BCUT2D eigenvalue weighted by molar-refractivity contribution is -0.854. The van der Waals surface area contributed by atoms with E-state index in [0.29, 0.717) is 33.4 Å². The van der Waals surface area contributed by atoms with Crippen LogP contribution in [0.4, 0.5) is 28.9 Å². The zero-order valence-corrected chi connectivity index (χ0v) is 22.3. The van der Waals surface area contributed by atoms with E-state index in [0.717, 1.165) is 5.69 Å². The number of carbonyl (C=O) groups excluding carboxylic acids is 4. The Morgan fingerprint density at radius 3 is 2.33 bits per heavy atom. The molecule has 0 aliphatic carbocycles. The van der Waals surface area contributed by atoms with Crippen LogP contribution in [0.3, 0.4) is 0 Å². The first-order valence-electron chi connectivity index (χ1n) is 12.3. The minimum Gasteiger partial charge on any atom is -0.542 e. The first-order valence-corrected chi connectivity index (χ1v) is 12.7. The fraction of sp³-hybridized carbons (Fsp3) is 0.179. The Labute approximate surface area is 241 Å². The third-order valence-corrected chi connectivity index (χ3v) is 6.68. The number of quaternary nitrogens is 1. The molecule has 218 valence electrons. The van der Waals surface area contributed by atoms with Crippen LogP contribution in [0.5, 0.6) is 0 Å². The van der Waals surface area contributed by atoms with Gasteiger partial charge in [-0.25, -0.2) is 4.39 Å². The van der Waals surface area contributed by atoms with E-state index in [1.807, 2.05) is 12.1 Å². The second kappa shape index (κ2) is 12.5. The van der Waals surface area contributed by atoms with Crippen molar-refractivity contribution in [3.63, 3.8) is 0 Å². The molecule has 1 saturated heterocycles. The lowest BCUT2D eigenvalue weighted by Gasteiger charge is -2.34. The molecular weight excluding hydrogens is 584 g/mol. The number of halogens is 5. The van der Waals surface area contributed by atoms with Gasteiger partial charge in [-0.1, -0.05) is 47.0 Å². The average molecular weight is 605 g/mol. The number of Topliss-reactive ketones (excluding diaryl/α,β-unsaturated/α-hetero) is 1. The Hall–Kier alpha value is -4.62. The van der Waals surface area contributed by atoms with Crippen molar-refractivity contribution in [2.45, 2.75) is 12.7 Å². The van der Waals surface area contributed by atoms with Crippen LogP contribution < -0.4 is 15.0 Å². The van der Waals surface area contributed by atoms with Crippen LogP contribution in [-0.2, 0) is 16.1 Å². The van der Waals surface area contributed by atoms with Gasteiger partial charge in [0, 0.05) is 24.7 Å². The van der Waals surface area contributed by atoms with E-state index in [2.05, 4.69) is 5.10 Å². The number of hydrogen-bond acceptors (Lipinski definition) is 6. The molecule has 2 heterocycles. The summed E-state index contributed by atoms with van der Waals surface area (Å²) in [6.45, 7) is 0.648. The number of carboxylic acids is 1. The Morgan fingerprint density at radius 2 is 1.67 bits per heavy atom. The highest BCUT2D eigenvalue weighted by Crippen LogP contribution is 2.27. The van der Waals surface area contributed by atoms with E-state index < -0.39 is 23.9 Å². The van der Waals surface area contributed by atoms with E-state index in [-0.39, 0.29) is 36.9 Å². The van der Waals surface area contributed by atoms with Crippen LogP contribution in [0, 0.1) is 5.82 Å². The lowest BCUT2D eigenvalue weighted by atomic mass is 10.1. The van der Waals surface area contributed by atoms with Gasteiger partial charge in [0.2, 0.25) is 11.7 Å². The summed E-state index contributed by atoms with van der Waals surface area (Å²) in [6, 6.07) is 18.5. The predicted molar refractivity (Wildman–Crippen MR) is 141 cm³/mol. The molecule has 0 bridgehead atoms. The summed E-state index contributed by atoms with van der Waals surface area (Å²) < 4.78 is 46.2. The van der Waals surface area contributed by atoms with Crippen molar-refractivity contribution in [3.05, 3.63) is 94.3 Å². The number of para-hydroxylation sites is 2. The van der Waals surface area contributed by atoms with Crippen LogP contribution in [0.25, 0.3) is 0 Å². The molecule has 2 aliphatic rings. The Bertz CT molecular complexity index is 1580. The average Bonchev–Trinajstić information content (AvgIpc) is 2.95. The number of alkyl halides is 3. The minimum atomic E-state index is -5.19. The number of ketones is 1. The second-order valence-corrected chi connectivity index (χ2v) is 9.52. The molecule has 1 N–H and O–H groups in total.